The van der Waals surface area contributed by atoms with E-state index in [1.54, 1.807) is 0 Å². The van der Waals surface area contributed by atoms with E-state index >= 15 is 0 Å². The monoisotopic (exact) mass is 602 g/mol. The molecule has 0 aliphatic heterocycles. The Morgan fingerprint density at radius 1 is 0.447 bits per heavy atom. The van der Waals surface area contributed by atoms with Crippen LogP contribution in [0.2, 0.25) is 0 Å². The molecule has 0 fully saturated rings. The van der Waals surface area contributed by atoms with Gasteiger partial charge in [-0.25, -0.2) is 15.0 Å². The van der Waals surface area contributed by atoms with Gasteiger partial charge >= 0.3 is 0 Å². The summed E-state index contributed by atoms with van der Waals surface area (Å²) in [6.07, 6.45) is 0. The number of nitrogens with zero attached hydrogens (tertiary/aromatic N) is 4. The minimum atomic E-state index is -0.241. The van der Waals surface area contributed by atoms with Crippen LogP contribution in [0.3, 0.4) is 0 Å². The van der Waals surface area contributed by atoms with Gasteiger partial charge in [-0.2, -0.15) is 5.26 Å². The van der Waals surface area contributed by atoms with Gasteiger partial charge in [-0.3, -0.25) is 0 Å². The van der Waals surface area contributed by atoms with Crippen LogP contribution < -0.4 is 0 Å². The van der Waals surface area contributed by atoms with Gasteiger partial charge in [-0.15, -0.1) is 0 Å². The third-order valence-electron chi connectivity index (χ3n) is 9.22. The summed E-state index contributed by atoms with van der Waals surface area (Å²) in [6.45, 7) is 4.48. The molecule has 1 aromatic heterocycles. The van der Waals surface area contributed by atoms with E-state index in [0.29, 0.717) is 23.0 Å². The second-order valence-corrected chi connectivity index (χ2v) is 12.4. The highest BCUT2D eigenvalue weighted by Gasteiger charge is 2.37. The van der Waals surface area contributed by atoms with Crippen molar-refractivity contribution >= 4 is 0 Å². The topological polar surface area (TPSA) is 62.5 Å². The summed E-state index contributed by atoms with van der Waals surface area (Å²) in [5, 5.41) is 9.90. The highest BCUT2D eigenvalue weighted by molar-refractivity contribution is 5.89. The van der Waals surface area contributed by atoms with Crippen molar-refractivity contribution in [3.8, 4) is 73.6 Å². The molecule has 1 aliphatic rings. The summed E-state index contributed by atoms with van der Waals surface area (Å²) < 4.78 is 0. The van der Waals surface area contributed by atoms with Gasteiger partial charge in [0, 0.05) is 27.7 Å². The van der Waals surface area contributed by atoms with E-state index in [1.165, 1.54) is 16.7 Å². The van der Waals surface area contributed by atoms with Crippen LogP contribution in [0, 0.1) is 11.3 Å². The molecular weight excluding hydrogens is 573 g/mol. The highest BCUT2D eigenvalue weighted by Crippen LogP contribution is 2.51. The SMILES string of the molecule is CC1(C)c2cc(-c3ccccc3-c3nc(-c4ccccc4)nc(-c4ccc(-c5ccccc5)cc4)n3)ccc2-c2c(C#N)cccc21. The van der Waals surface area contributed by atoms with Crippen LogP contribution in [0.25, 0.3) is 67.5 Å². The number of benzene rings is 6. The van der Waals surface area contributed by atoms with Gasteiger partial charge in [0.1, 0.15) is 0 Å². The highest BCUT2D eigenvalue weighted by atomic mass is 15.0. The average Bonchev–Trinajstić information content (AvgIpc) is 3.38. The van der Waals surface area contributed by atoms with Crippen molar-refractivity contribution in [2.24, 2.45) is 0 Å². The first-order chi connectivity index (χ1) is 23.0. The molecule has 47 heavy (non-hydrogen) atoms. The van der Waals surface area contributed by atoms with Gasteiger partial charge < -0.3 is 0 Å². The van der Waals surface area contributed by atoms with E-state index in [-0.39, 0.29) is 5.41 Å². The molecule has 0 saturated carbocycles. The molecular formula is C43H30N4. The number of rotatable bonds is 5. The molecule has 8 rings (SSSR count). The molecule has 0 saturated heterocycles. The lowest BCUT2D eigenvalue weighted by Crippen LogP contribution is -2.15. The molecule has 0 unspecified atom stereocenters. The molecule has 222 valence electrons. The normalized spacial score (nSPS) is 12.6. The molecule has 0 spiro atoms. The smallest absolute Gasteiger partial charge is 0.164 e. The van der Waals surface area contributed by atoms with Gasteiger partial charge in [0.2, 0.25) is 0 Å². The van der Waals surface area contributed by atoms with Crippen LogP contribution in [-0.4, -0.2) is 15.0 Å². The van der Waals surface area contributed by atoms with Crippen molar-refractivity contribution in [3.05, 3.63) is 162 Å². The van der Waals surface area contributed by atoms with Crippen LogP contribution in [0.5, 0.6) is 0 Å². The van der Waals surface area contributed by atoms with Crippen molar-refractivity contribution < 1.29 is 0 Å². The Bertz CT molecular complexity index is 2320. The van der Waals surface area contributed by atoms with Gasteiger partial charge in [0.25, 0.3) is 0 Å². The standard InChI is InChI=1S/C43H30N4/c1-43(2)37-19-11-16-33(27-44)39(37)36-25-24-32(26-38(36)43)34-17-9-10-18-35(34)42-46-40(30-14-7-4-8-15-30)45-41(47-42)31-22-20-29(21-23-31)28-12-5-3-6-13-28/h3-26H,1-2H3. The van der Waals surface area contributed by atoms with E-state index in [9.17, 15) is 5.26 Å². The van der Waals surface area contributed by atoms with Gasteiger partial charge in [0.15, 0.2) is 17.5 Å². The zero-order valence-corrected chi connectivity index (χ0v) is 26.1. The predicted molar refractivity (Wildman–Crippen MR) is 189 cm³/mol. The van der Waals surface area contributed by atoms with Crippen molar-refractivity contribution in [2.75, 3.05) is 0 Å². The largest absolute Gasteiger partial charge is 0.208 e. The van der Waals surface area contributed by atoms with Crippen LogP contribution in [0.4, 0.5) is 0 Å². The maximum absolute atomic E-state index is 9.90. The zero-order valence-electron chi connectivity index (χ0n) is 26.1. The molecule has 1 aliphatic carbocycles. The van der Waals surface area contributed by atoms with Crippen molar-refractivity contribution in [1.29, 1.82) is 5.26 Å². The molecule has 7 aromatic rings. The molecule has 0 bridgehead atoms. The van der Waals surface area contributed by atoms with E-state index in [0.717, 1.165) is 44.5 Å². The first-order valence-corrected chi connectivity index (χ1v) is 15.8. The van der Waals surface area contributed by atoms with E-state index in [4.69, 9.17) is 15.0 Å². The third-order valence-corrected chi connectivity index (χ3v) is 9.22. The van der Waals surface area contributed by atoms with Crippen LogP contribution in [0.15, 0.2) is 146 Å². The van der Waals surface area contributed by atoms with Crippen LogP contribution in [0.1, 0.15) is 30.5 Å². The Morgan fingerprint density at radius 3 is 1.66 bits per heavy atom. The number of nitriles is 1. The summed E-state index contributed by atoms with van der Waals surface area (Å²) in [5.74, 6) is 1.87. The summed E-state index contributed by atoms with van der Waals surface area (Å²) >= 11 is 0. The van der Waals surface area contributed by atoms with E-state index < -0.39 is 0 Å². The lowest BCUT2D eigenvalue weighted by Gasteiger charge is -2.22. The fourth-order valence-corrected chi connectivity index (χ4v) is 6.76. The quantitative estimate of drug-likeness (QED) is 0.197. The van der Waals surface area contributed by atoms with Crippen molar-refractivity contribution in [1.82, 2.24) is 15.0 Å². The van der Waals surface area contributed by atoms with Gasteiger partial charge in [-0.1, -0.05) is 147 Å². The Labute approximate surface area is 274 Å². The Balaban J connectivity index is 1.26. The number of aromatic nitrogens is 3. The first-order valence-electron chi connectivity index (χ1n) is 15.8. The molecule has 6 aromatic carbocycles. The Hall–Kier alpha value is -6.18. The summed E-state index contributed by atoms with van der Waals surface area (Å²) in [4.78, 5) is 15.1. The molecule has 1 heterocycles. The number of hydrogen-bond donors (Lipinski definition) is 0. The van der Waals surface area contributed by atoms with Crippen molar-refractivity contribution in [3.63, 3.8) is 0 Å². The summed E-state index contributed by atoms with van der Waals surface area (Å²) in [6, 6.07) is 52.2. The molecule has 4 nitrogen and oxygen atoms in total. The fourth-order valence-electron chi connectivity index (χ4n) is 6.76. The maximum Gasteiger partial charge on any atom is 0.164 e. The zero-order chi connectivity index (χ0) is 32.0. The minimum absolute atomic E-state index is 0.241. The second-order valence-electron chi connectivity index (χ2n) is 12.4. The molecule has 0 N–H and O–H groups in total. The summed E-state index contributed by atoms with van der Waals surface area (Å²) in [5.41, 5.74) is 12.2. The Kier molecular flexibility index (Phi) is 6.82. The third kappa shape index (κ3) is 4.90. The lowest BCUT2D eigenvalue weighted by atomic mass is 9.81. The van der Waals surface area contributed by atoms with Crippen LogP contribution in [-0.2, 0) is 5.41 Å². The average molecular weight is 603 g/mol. The van der Waals surface area contributed by atoms with E-state index in [1.807, 2.05) is 54.6 Å². The maximum atomic E-state index is 9.90. The molecule has 0 atom stereocenters. The molecule has 0 radical (unpaired) electrons. The van der Waals surface area contributed by atoms with E-state index in [2.05, 4.69) is 111 Å². The second kappa shape index (κ2) is 11.3. The first kappa shape index (κ1) is 28.3. The summed E-state index contributed by atoms with van der Waals surface area (Å²) in [7, 11) is 0. The van der Waals surface area contributed by atoms with Gasteiger partial charge in [-0.05, 0) is 51.1 Å². The Morgan fingerprint density at radius 2 is 0.979 bits per heavy atom. The molecule has 4 heteroatoms. The minimum Gasteiger partial charge on any atom is -0.208 e. The lowest BCUT2D eigenvalue weighted by molar-refractivity contribution is 0.660. The van der Waals surface area contributed by atoms with Gasteiger partial charge in [0.05, 0.1) is 11.6 Å². The fraction of sp³-hybridized carbons (Fsp3) is 0.0698. The molecule has 0 amide bonds. The van der Waals surface area contributed by atoms with Crippen molar-refractivity contribution in [2.45, 2.75) is 19.3 Å². The van der Waals surface area contributed by atoms with Crippen LogP contribution >= 0.6 is 0 Å². The predicted octanol–water partition coefficient (Wildman–Crippen LogP) is 10.4. The number of hydrogen-bond acceptors (Lipinski definition) is 4. The number of fused-ring (bicyclic) bond motifs is 3.